The first-order chi connectivity index (χ1) is 20.7. The van der Waals surface area contributed by atoms with Crippen LogP contribution in [0, 0.1) is 5.82 Å². The molecule has 0 bridgehead atoms. The number of ether oxygens (including phenoxy) is 3. The van der Waals surface area contributed by atoms with Crippen molar-refractivity contribution in [2.75, 3.05) is 51.9 Å². The third-order valence-electron chi connectivity index (χ3n) is 6.63. The zero-order valence-corrected chi connectivity index (χ0v) is 23.8. The van der Waals surface area contributed by atoms with Crippen LogP contribution in [0.5, 0.6) is 5.75 Å². The number of aliphatic hydroxyl groups excluding tert-OH is 3. The van der Waals surface area contributed by atoms with E-state index in [1.165, 1.54) is 43.9 Å². The number of amides is 1. The van der Waals surface area contributed by atoms with Crippen LogP contribution in [-0.2, 0) is 9.47 Å². The number of halogens is 2. The van der Waals surface area contributed by atoms with Gasteiger partial charge >= 0.3 is 0 Å². The zero-order chi connectivity index (χ0) is 31.0. The minimum Gasteiger partial charge on any atom is -0.491 e. The standard InChI is InChI=1S/C27H32ClFN6O8/c1-41-20-12-33-23(16-10-15(28)2-3-18(16)29)35-24(20)34-19-4-5-31-11-17(19)25(39)32-7-6-30-8-9-42-26-22(38)27(40,14-36)21(37)13-43-26/h2-5,10-12,21-22,26,30,36-38,40H,6-9,13-14H2,1H3,(H,32,39)(H,31,33,34,35). The fraction of sp³-hybridized carbons (Fsp3) is 0.407. The molecular weight excluding hydrogens is 591 g/mol. The van der Waals surface area contributed by atoms with Gasteiger partial charge in [0.1, 0.15) is 23.6 Å². The highest BCUT2D eigenvalue weighted by atomic mass is 35.5. The highest BCUT2D eigenvalue weighted by molar-refractivity contribution is 6.30. The van der Waals surface area contributed by atoms with Crippen molar-refractivity contribution in [2.24, 2.45) is 0 Å². The molecule has 4 rings (SSSR count). The highest BCUT2D eigenvalue weighted by Crippen LogP contribution is 2.31. The number of pyridine rings is 1. The van der Waals surface area contributed by atoms with E-state index in [9.17, 15) is 29.6 Å². The molecule has 3 aromatic rings. The number of carbonyl (C=O) groups is 1. The molecule has 4 unspecified atom stereocenters. The molecule has 16 heteroatoms. The average molecular weight is 623 g/mol. The lowest BCUT2D eigenvalue weighted by atomic mass is 9.89. The maximum absolute atomic E-state index is 14.4. The molecule has 3 heterocycles. The molecule has 14 nitrogen and oxygen atoms in total. The van der Waals surface area contributed by atoms with Crippen LogP contribution in [-0.4, -0.2) is 112 Å². The van der Waals surface area contributed by atoms with Crippen molar-refractivity contribution >= 4 is 29.0 Å². The lowest BCUT2D eigenvalue weighted by Crippen LogP contribution is -2.65. The Kier molecular flexibility index (Phi) is 11.1. The Hall–Kier alpha value is -3.54. The summed E-state index contributed by atoms with van der Waals surface area (Å²) in [7, 11) is 1.42. The summed E-state index contributed by atoms with van der Waals surface area (Å²) < 4.78 is 30.4. The third kappa shape index (κ3) is 7.70. The number of aromatic nitrogens is 3. The average Bonchev–Trinajstić information content (AvgIpc) is 3.01. The van der Waals surface area contributed by atoms with Gasteiger partial charge in [-0.15, -0.1) is 0 Å². The van der Waals surface area contributed by atoms with Crippen LogP contribution in [0.25, 0.3) is 11.4 Å². The lowest BCUT2D eigenvalue weighted by Gasteiger charge is -2.43. The normalized spacial score (nSPS) is 21.8. The van der Waals surface area contributed by atoms with Gasteiger partial charge in [0.05, 0.1) is 49.9 Å². The molecule has 4 atom stereocenters. The molecule has 1 aliphatic rings. The quantitative estimate of drug-likeness (QED) is 0.128. The Morgan fingerprint density at radius 2 is 2.05 bits per heavy atom. The van der Waals surface area contributed by atoms with Gasteiger partial charge in [-0.05, 0) is 24.3 Å². The van der Waals surface area contributed by atoms with Crippen LogP contribution < -0.4 is 20.7 Å². The smallest absolute Gasteiger partial charge is 0.255 e. The predicted octanol–water partition coefficient (Wildman–Crippen LogP) is 0.221. The molecule has 1 saturated heterocycles. The molecular formula is C27H32ClFN6O8. The van der Waals surface area contributed by atoms with E-state index in [0.29, 0.717) is 23.8 Å². The van der Waals surface area contributed by atoms with Gasteiger partial charge in [0.2, 0.25) is 0 Å². The van der Waals surface area contributed by atoms with Gasteiger partial charge < -0.3 is 50.6 Å². The fourth-order valence-electron chi connectivity index (χ4n) is 4.14. The van der Waals surface area contributed by atoms with E-state index in [1.54, 1.807) is 6.07 Å². The summed E-state index contributed by atoms with van der Waals surface area (Å²) in [5.74, 6) is -0.483. The van der Waals surface area contributed by atoms with Gasteiger partial charge in [0.15, 0.2) is 23.7 Å². The first-order valence-electron chi connectivity index (χ1n) is 13.2. The number of benzene rings is 1. The number of anilines is 2. The Morgan fingerprint density at radius 1 is 1.23 bits per heavy atom. The molecule has 2 aromatic heterocycles. The molecule has 0 saturated carbocycles. The van der Waals surface area contributed by atoms with E-state index in [-0.39, 0.29) is 48.3 Å². The summed E-state index contributed by atoms with van der Waals surface area (Å²) in [6.45, 7) is -0.186. The summed E-state index contributed by atoms with van der Waals surface area (Å²) in [6, 6.07) is 5.61. The monoisotopic (exact) mass is 622 g/mol. The summed E-state index contributed by atoms with van der Waals surface area (Å²) in [5.41, 5.74) is -1.47. The molecule has 0 aliphatic carbocycles. The first kappa shape index (κ1) is 32.4. The Labute approximate surface area is 250 Å². The molecule has 1 fully saturated rings. The van der Waals surface area contributed by atoms with E-state index in [2.05, 4.69) is 30.9 Å². The number of hydrogen-bond acceptors (Lipinski definition) is 13. The second kappa shape index (κ2) is 14.8. The molecule has 1 amide bonds. The highest BCUT2D eigenvalue weighted by Gasteiger charge is 2.51. The molecule has 0 radical (unpaired) electrons. The van der Waals surface area contributed by atoms with Crippen LogP contribution in [0.15, 0.2) is 42.9 Å². The number of carbonyl (C=O) groups excluding carboxylic acids is 1. The Balaban J connectivity index is 1.30. The van der Waals surface area contributed by atoms with Crippen molar-refractivity contribution in [2.45, 2.75) is 24.1 Å². The van der Waals surface area contributed by atoms with Gasteiger partial charge in [-0.25, -0.2) is 14.4 Å². The number of nitrogens with one attached hydrogen (secondary N) is 3. The summed E-state index contributed by atoms with van der Waals surface area (Å²) in [6.07, 6.45) is -0.0881. The SMILES string of the molecule is COc1cnc(-c2cc(Cl)ccc2F)nc1Nc1ccncc1C(=O)NCCNCCOC1OCC(O)C(O)(CO)C1O. The summed E-state index contributed by atoms with van der Waals surface area (Å²) in [4.78, 5) is 25.5. The maximum Gasteiger partial charge on any atom is 0.255 e. The van der Waals surface area contributed by atoms with E-state index in [0.717, 1.165) is 0 Å². The van der Waals surface area contributed by atoms with Crippen LogP contribution in [0.1, 0.15) is 10.4 Å². The van der Waals surface area contributed by atoms with Crippen molar-refractivity contribution in [3.8, 4) is 17.1 Å². The summed E-state index contributed by atoms with van der Waals surface area (Å²) in [5, 5.41) is 48.6. The first-order valence-corrected chi connectivity index (χ1v) is 13.5. The number of aliphatic hydroxyl groups is 4. The molecule has 0 spiro atoms. The second-order valence-electron chi connectivity index (χ2n) is 9.47. The van der Waals surface area contributed by atoms with Gasteiger partial charge in [0, 0.05) is 37.1 Å². The predicted molar refractivity (Wildman–Crippen MR) is 151 cm³/mol. The number of rotatable bonds is 13. The minimum absolute atomic E-state index is 0.0599. The van der Waals surface area contributed by atoms with E-state index in [1.807, 2.05) is 0 Å². The van der Waals surface area contributed by atoms with Gasteiger partial charge in [-0.2, -0.15) is 0 Å². The van der Waals surface area contributed by atoms with Gasteiger partial charge in [-0.3, -0.25) is 9.78 Å². The Bertz CT molecular complexity index is 1410. The minimum atomic E-state index is -2.14. The van der Waals surface area contributed by atoms with Crippen molar-refractivity contribution in [3.63, 3.8) is 0 Å². The van der Waals surface area contributed by atoms with Crippen molar-refractivity contribution in [3.05, 3.63) is 59.3 Å². The second-order valence-corrected chi connectivity index (χ2v) is 9.91. The van der Waals surface area contributed by atoms with Crippen molar-refractivity contribution < 1.29 is 43.8 Å². The zero-order valence-electron chi connectivity index (χ0n) is 23.0. The lowest BCUT2D eigenvalue weighted by molar-refractivity contribution is -0.310. The fourth-order valence-corrected chi connectivity index (χ4v) is 4.32. The van der Waals surface area contributed by atoms with E-state index in [4.69, 9.17) is 25.8 Å². The van der Waals surface area contributed by atoms with Crippen molar-refractivity contribution in [1.29, 1.82) is 0 Å². The number of nitrogens with zero attached hydrogens (tertiary/aromatic N) is 3. The molecule has 1 aliphatic heterocycles. The number of hydrogen-bond donors (Lipinski definition) is 7. The number of methoxy groups -OCH3 is 1. The summed E-state index contributed by atoms with van der Waals surface area (Å²) >= 11 is 6.02. The molecule has 1 aromatic carbocycles. The largest absolute Gasteiger partial charge is 0.491 e. The van der Waals surface area contributed by atoms with Crippen LogP contribution in [0.2, 0.25) is 5.02 Å². The van der Waals surface area contributed by atoms with Crippen molar-refractivity contribution in [1.82, 2.24) is 25.6 Å². The van der Waals surface area contributed by atoms with Crippen LogP contribution in [0.3, 0.4) is 0 Å². The third-order valence-corrected chi connectivity index (χ3v) is 6.87. The van der Waals surface area contributed by atoms with Gasteiger partial charge in [0.25, 0.3) is 5.91 Å². The van der Waals surface area contributed by atoms with E-state index >= 15 is 0 Å². The molecule has 7 N–H and O–H groups in total. The molecule has 43 heavy (non-hydrogen) atoms. The van der Waals surface area contributed by atoms with Crippen LogP contribution in [0.4, 0.5) is 15.9 Å². The van der Waals surface area contributed by atoms with Gasteiger partial charge in [-0.1, -0.05) is 11.6 Å². The maximum atomic E-state index is 14.4. The topological polar surface area (TPSA) is 200 Å². The Morgan fingerprint density at radius 3 is 2.81 bits per heavy atom. The van der Waals surface area contributed by atoms with E-state index < -0.39 is 42.4 Å². The molecule has 232 valence electrons. The van der Waals surface area contributed by atoms with Crippen LogP contribution >= 0.6 is 11.6 Å².